The van der Waals surface area contributed by atoms with Gasteiger partial charge in [0.2, 0.25) is 10.0 Å². The quantitative estimate of drug-likeness (QED) is 0.921. The van der Waals surface area contributed by atoms with Crippen molar-refractivity contribution in [2.24, 2.45) is 0 Å². The van der Waals surface area contributed by atoms with Crippen LogP contribution in [0.4, 0.5) is 0 Å². The molecule has 3 nitrogen and oxygen atoms in total. The standard InChI is InChI=1S/C14H17NO2S2/c1-14(2,12-7-4-3-5-8-12)11-15-19(16,17)13-9-6-10-18-13/h3-10,15H,11H2,1-2H3. The molecular formula is C14H17NO2S2. The zero-order valence-corrected chi connectivity index (χ0v) is 12.6. The van der Waals surface area contributed by atoms with Gasteiger partial charge in [-0.05, 0) is 17.0 Å². The van der Waals surface area contributed by atoms with Crippen LogP contribution in [0.3, 0.4) is 0 Å². The van der Waals surface area contributed by atoms with E-state index in [9.17, 15) is 8.42 Å². The lowest BCUT2D eigenvalue weighted by molar-refractivity contribution is 0.502. The van der Waals surface area contributed by atoms with Crippen molar-refractivity contribution in [3.8, 4) is 0 Å². The number of nitrogens with one attached hydrogen (secondary N) is 1. The van der Waals surface area contributed by atoms with Crippen molar-refractivity contribution in [2.45, 2.75) is 23.5 Å². The van der Waals surface area contributed by atoms with Crippen molar-refractivity contribution in [1.29, 1.82) is 0 Å². The van der Waals surface area contributed by atoms with Crippen molar-refractivity contribution in [3.05, 3.63) is 53.4 Å². The van der Waals surface area contributed by atoms with Crippen LogP contribution in [0.25, 0.3) is 0 Å². The second-order valence-corrected chi connectivity index (χ2v) is 7.95. The van der Waals surface area contributed by atoms with Crippen molar-refractivity contribution < 1.29 is 8.42 Å². The van der Waals surface area contributed by atoms with E-state index < -0.39 is 10.0 Å². The van der Waals surface area contributed by atoms with Crippen LogP contribution in [0, 0.1) is 0 Å². The van der Waals surface area contributed by atoms with Gasteiger partial charge in [-0.2, -0.15) is 0 Å². The number of benzene rings is 1. The van der Waals surface area contributed by atoms with E-state index in [4.69, 9.17) is 0 Å². The molecule has 0 fully saturated rings. The molecule has 2 aromatic rings. The first-order chi connectivity index (χ1) is 8.92. The molecule has 19 heavy (non-hydrogen) atoms. The summed E-state index contributed by atoms with van der Waals surface area (Å²) in [6.07, 6.45) is 0. The topological polar surface area (TPSA) is 46.2 Å². The van der Waals surface area contributed by atoms with Gasteiger partial charge in [-0.3, -0.25) is 0 Å². The third-order valence-electron chi connectivity index (χ3n) is 3.02. The fraction of sp³-hybridized carbons (Fsp3) is 0.286. The highest BCUT2D eigenvalue weighted by Crippen LogP contribution is 2.23. The summed E-state index contributed by atoms with van der Waals surface area (Å²) >= 11 is 1.23. The van der Waals surface area contributed by atoms with Gasteiger partial charge in [0.25, 0.3) is 0 Å². The average Bonchev–Trinajstić information content (AvgIpc) is 2.93. The maximum absolute atomic E-state index is 12.1. The van der Waals surface area contributed by atoms with Gasteiger partial charge in [0, 0.05) is 12.0 Å². The lowest BCUT2D eigenvalue weighted by Gasteiger charge is -2.25. The minimum atomic E-state index is -3.39. The first-order valence-electron chi connectivity index (χ1n) is 6.00. The second kappa shape index (κ2) is 5.45. The molecule has 1 heterocycles. The molecule has 0 atom stereocenters. The molecule has 0 amide bonds. The first kappa shape index (κ1) is 14.2. The molecule has 1 aromatic carbocycles. The summed E-state index contributed by atoms with van der Waals surface area (Å²) in [7, 11) is -3.39. The van der Waals surface area contributed by atoms with Gasteiger partial charge >= 0.3 is 0 Å². The Hall–Kier alpha value is -1.17. The van der Waals surface area contributed by atoms with Gasteiger partial charge in [-0.25, -0.2) is 13.1 Å². The molecule has 0 unspecified atom stereocenters. The number of thiophene rings is 1. The van der Waals surface area contributed by atoms with Crippen LogP contribution in [0.1, 0.15) is 19.4 Å². The van der Waals surface area contributed by atoms with E-state index in [1.165, 1.54) is 11.3 Å². The number of sulfonamides is 1. The predicted molar refractivity (Wildman–Crippen MR) is 79.0 cm³/mol. The Morgan fingerprint density at radius 1 is 1.11 bits per heavy atom. The van der Waals surface area contributed by atoms with Crippen LogP contribution >= 0.6 is 11.3 Å². The van der Waals surface area contributed by atoms with Crippen molar-refractivity contribution >= 4 is 21.4 Å². The summed E-state index contributed by atoms with van der Waals surface area (Å²) < 4.78 is 27.2. The van der Waals surface area contributed by atoms with Gasteiger partial charge in [-0.15, -0.1) is 11.3 Å². The maximum Gasteiger partial charge on any atom is 0.250 e. The Bertz CT molecular complexity index is 617. The van der Waals surface area contributed by atoms with Crippen LogP contribution in [-0.2, 0) is 15.4 Å². The normalized spacial score (nSPS) is 12.5. The van der Waals surface area contributed by atoms with Gasteiger partial charge in [0.05, 0.1) is 0 Å². The predicted octanol–water partition coefficient (Wildman–Crippen LogP) is 3.00. The highest BCUT2D eigenvalue weighted by atomic mass is 32.2. The highest BCUT2D eigenvalue weighted by Gasteiger charge is 2.24. The zero-order valence-electron chi connectivity index (χ0n) is 11.0. The summed E-state index contributed by atoms with van der Waals surface area (Å²) in [5.74, 6) is 0. The highest BCUT2D eigenvalue weighted by molar-refractivity contribution is 7.91. The fourth-order valence-corrected chi connectivity index (χ4v) is 4.00. The molecule has 0 saturated carbocycles. The van der Waals surface area contributed by atoms with Gasteiger partial charge in [0.1, 0.15) is 4.21 Å². The Morgan fingerprint density at radius 3 is 2.37 bits per heavy atom. The lowest BCUT2D eigenvalue weighted by atomic mass is 9.85. The molecule has 0 radical (unpaired) electrons. The number of rotatable bonds is 5. The summed E-state index contributed by atoms with van der Waals surface area (Å²) in [4.78, 5) is 0. The van der Waals surface area contributed by atoms with Crippen LogP contribution in [-0.4, -0.2) is 15.0 Å². The van der Waals surface area contributed by atoms with E-state index >= 15 is 0 Å². The second-order valence-electron chi connectivity index (χ2n) is 5.01. The van der Waals surface area contributed by atoms with E-state index in [1.807, 2.05) is 44.2 Å². The minimum Gasteiger partial charge on any atom is -0.210 e. The molecule has 0 aliphatic rings. The van der Waals surface area contributed by atoms with E-state index in [1.54, 1.807) is 17.5 Å². The lowest BCUT2D eigenvalue weighted by Crippen LogP contribution is -2.36. The van der Waals surface area contributed by atoms with Crippen LogP contribution in [0.2, 0.25) is 0 Å². The van der Waals surface area contributed by atoms with Gasteiger partial charge < -0.3 is 0 Å². The molecule has 5 heteroatoms. The van der Waals surface area contributed by atoms with E-state index in [0.717, 1.165) is 5.56 Å². The molecule has 0 spiro atoms. The average molecular weight is 295 g/mol. The molecule has 0 saturated heterocycles. The smallest absolute Gasteiger partial charge is 0.210 e. The Labute approximate surface area is 118 Å². The summed E-state index contributed by atoms with van der Waals surface area (Å²) in [5, 5.41) is 1.76. The third-order valence-corrected chi connectivity index (χ3v) is 5.82. The number of hydrogen-bond donors (Lipinski definition) is 1. The molecule has 0 bridgehead atoms. The Morgan fingerprint density at radius 2 is 1.79 bits per heavy atom. The molecule has 0 aliphatic heterocycles. The maximum atomic E-state index is 12.1. The van der Waals surface area contributed by atoms with Crippen molar-refractivity contribution in [3.63, 3.8) is 0 Å². The first-order valence-corrected chi connectivity index (χ1v) is 8.37. The van der Waals surface area contributed by atoms with E-state index in [-0.39, 0.29) is 5.41 Å². The summed E-state index contributed by atoms with van der Waals surface area (Å²) in [5.41, 5.74) is 0.870. The Kier molecular flexibility index (Phi) is 4.08. The van der Waals surface area contributed by atoms with E-state index in [2.05, 4.69) is 4.72 Å². The summed E-state index contributed by atoms with van der Waals surface area (Å²) in [6.45, 7) is 4.43. The SMILES string of the molecule is CC(C)(CNS(=O)(=O)c1cccs1)c1ccccc1. The monoisotopic (exact) mass is 295 g/mol. The fourth-order valence-electron chi connectivity index (χ4n) is 1.75. The molecule has 1 aromatic heterocycles. The number of hydrogen-bond acceptors (Lipinski definition) is 3. The third kappa shape index (κ3) is 3.43. The molecule has 0 aliphatic carbocycles. The van der Waals surface area contributed by atoms with Crippen molar-refractivity contribution in [2.75, 3.05) is 6.54 Å². The summed E-state index contributed by atoms with van der Waals surface area (Å²) in [6, 6.07) is 13.3. The molecule has 2 rings (SSSR count). The molecule has 102 valence electrons. The Balaban J connectivity index is 2.11. The van der Waals surface area contributed by atoms with Crippen molar-refractivity contribution in [1.82, 2.24) is 4.72 Å². The van der Waals surface area contributed by atoms with Crippen LogP contribution in [0.5, 0.6) is 0 Å². The molecular weight excluding hydrogens is 278 g/mol. The molecule has 1 N–H and O–H groups in total. The zero-order chi connectivity index (χ0) is 13.9. The van der Waals surface area contributed by atoms with Gasteiger partial charge in [-0.1, -0.05) is 50.2 Å². The van der Waals surface area contributed by atoms with Crippen LogP contribution in [0.15, 0.2) is 52.1 Å². The van der Waals surface area contributed by atoms with Gasteiger partial charge in [0.15, 0.2) is 0 Å². The minimum absolute atomic E-state index is 0.244. The van der Waals surface area contributed by atoms with E-state index in [0.29, 0.717) is 10.8 Å². The van der Waals surface area contributed by atoms with Crippen LogP contribution < -0.4 is 4.72 Å². The largest absolute Gasteiger partial charge is 0.250 e.